The Kier molecular flexibility index (Phi) is 5.44. The van der Waals surface area contributed by atoms with E-state index in [-0.39, 0.29) is 0 Å². The summed E-state index contributed by atoms with van der Waals surface area (Å²) in [7, 11) is 0. The fourth-order valence-corrected chi connectivity index (χ4v) is 5.28. The van der Waals surface area contributed by atoms with Crippen molar-refractivity contribution >= 4 is 5.96 Å². The molecule has 2 aliphatic carbocycles. The molecule has 1 aliphatic heterocycles. The predicted molar refractivity (Wildman–Crippen MR) is 108 cm³/mol. The van der Waals surface area contributed by atoms with Gasteiger partial charge in [0, 0.05) is 50.1 Å². The van der Waals surface area contributed by atoms with Gasteiger partial charge in [-0.2, -0.15) is 0 Å². The first kappa shape index (κ1) is 18.8. The van der Waals surface area contributed by atoms with Gasteiger partial charge in [0.25, 0.3) is 0 Å². The molecule has 4 rings (SSSR count). The molecular weight excluding hydrogens is 338 g/mol. The van der Waals surface area contributed by atoms with E-state index in [0.717, 1.165) is 38.6 Å². The molecule has 2 heterocycles. The van der Waals surface area contributed by atoms with Gasteiger partial charge in [0.05, 0.1) is 18.5 Å². The zero-order valence-corrected chi connectivity index (χ0v) is 17.1. The van der Waals surface area contributed by atoms with Crippen LogP contribution in [0.5, 0.6) is 0 Å². The van der Waals surface area contributed by atoms with Crippen LogP contribution in [0.2, 0.25) is 0 Å². The molecule has 0 amide bonds. The number of piperidine rings is 1. The van der Waals surface area contributed by atoms with Crippen LogP contribution in [0.3, 0.4) is 0 Å². The molecule has 3 aliphatic rings. The molecule has 1 saturated heterocycles. The Morgan fingerprint density at radius 1 is 1.37 bits per heavy atom. The Labute approximate surface area is 163 Å². The Hall–Kier alpha value is -1.56. The molecule has 1 spiro atoms. The summed E-state index contributed by atoms with van der Waals surface area (Å²) in [6, 6.07) is 0.972. The molecule has 1 N–H and O–H groups in total. The van der Waals surface area contributed by atoms with Crippen LogP contribution in [0.25, 0.3) is 0 Å². The summed E-state index contributed by atoms with van der Waals surface area (Å²) in [5.41, 5.74) is 0.358. The highest BCUT2D eigenvalue weighted by molar-refractivity contribution is 5.80. The maximum Gasteiger partial charge on any atom is 0.194 e. The van der Waals surface area contributed by atoms with Gasteiger partial charge in [-0.1, -0.05) is 13.3 Å². The van der Waals surface area contributed by atoms with Crippen molar-refractivity contribution in [3.8, 4) is 0 Å². The largest absolute Gasteiger partial charge is 0.378 e. The van der Waals surface area contributed by atoms with E-state index in [4.69, 9.17) is 9.73 Å². The quantitative estimate of drug-likeness (QED) is 0.637. The van der Waals surface area contributed by atoms with Crippen molar-refractivity contribution in [1.82, 2.24) is 19.8 Å². The molecule has 4 atom stereocenters. The van der Waals surface area contributed by atoms with E-state index in [9.17, 15) is 0 Å². The molecule has 0 radical (unpaired) electrons. The third-order valence-electron chi connectivity index (χ3n) is 7.17. The van der Waals surface area contributed by atoms with E-state index >= 15 is 0 Å². The number of guanidine groups is 1. The van der Waals surface area contributed by atoms with Gasteiger partial charge in [-0.25, -0.2) is 4.98 Å². The lowest BCUT2D eigenvalue weighted by Gasteiger charge is -2.61. The predicted octanol–water partition coefficient (Wildman–Crippen LogP) is 3.08. The zero-order chi connectivity index (χ0) is 18.9. The fourth-order valence-electron chi connectivity index (χ4n) is 5.28. The topological polar surface area (TPSA) is 54.7 Å². The molecule has 150 valence electrons. The van der Waals surface area contributed by atoms with Crippen LogP contribution in [-0.2, 0) is 4.74 Å². The normalized spacial score (nSPS) is 32.9. The van der Waals surface area contributed by atoms with Crippen LogP contribution in [0, 0.1) is 11.3 Å². The summed E-state index contributed by atoms with van der Waals surface area (Å²) >= 11 is 0. The first-order valence-corrected chi connectivity index (χ1v) is 10.8. The number of nitrogens with one attached hydrogen (secondary N) is 1. The number of hydrogen-bond acceptors (Lipinski definition) is 3. The third kappa shape index (κ3) is 3.37. The number of nitrogens with zero attached hydrogens (tertiary/aromatic N) is 4. The fraction of sp³-hybridized carbons (Fsp3) is 0.810. The minimum atomic E-state index is 0.358. The van der Waals surface area contributed by atoms with E-state index in [1.807, 2.05) is 12.5 Å². The maximum atomic E-state index is 6.03. The first-order valence-electron chi connectivity index (χ1n) is 10.8. The Morgan fingerprint density at radius 2 is 2.22 bits per heavy atom. The van der Waals surface area contributed by atoms with E-state index < -0.39 is 0 Å². The third-order valence-corrected chi connectivity index (χ3v) is 7.17. The number of rotatable bonds is 5. The van der Waals surface area contributed by atoms with Gasteiger partial charge in [0.15, 0.2) is 5.96 Å². The standard InChI is InChI=1S/C21H35N5O/c1-4-23-20(24-18-13-19(27-5-2)21(18)8-6-9-21)25-11-7-16(3)17(14-25)26-12-10-22-15-26/h10,12,15-19H,4-9,11,13-14H2,1-3H3,(H,23,24). The summed E-state index contributed by atoms with van der Waals surface area (Å²) in [4.78, 5) is 11.6. The minimum Gasteiger partial charge on any atom is -0.378 e. The zero-order valence-electron chi connectivity index (χ0n) is 17.1. The average Bonchev–Trinajstić information content (AvgIpc) is 3.13. The smallest absolute Gasteiger partial charge is 0.194 e. The van der Waals surface area contributed by atoms with Crippen LogP contribution in [0.4, 0.5) is 0 Å². The van der Waals surface area contributed by atoms with Crippen LogP contribution in [-0.4, -0.2) is 58.8 Å². The summed E-state index contributed by atoms with van der Waals surface area (Å²) < 4.78 is 8.30. The van der Waals surface area contributed by atoms with Gasteiger partial charge in [0.2, 0.25) is 0 Å². The molecule has 0 aromatic carbocycles. The van der Waals surface area contributed by atoms with Crippen LogP contribution in [0.15, 0.2) is 23.7 Å². The molecule has 4 unspecified atom stereocenters. The Bertz CT molecular complexity index is 639. The monoisotopic (exact) mass is 373 g/mol. The number of imidazole rings is 1. The number of likely N-dealkylation sites (tertiary alicyclic amines) is 1. The summed E-state index contributed by atoms with van der Waals surface area (Å²) in [6.45, 7) is 10.3. The highest BCUT2D eigenvalue weighted by Gasteiger charge is 2.59. The molecule has 1 aromatic rings. The second-order valence-electron chi connectivity index (χ2n) is 8.55. The van der Waals surface area contributed by atoms with E-state index in [1.165, 1.54) is 25.7 Å². The maximum absolute atomic E-state index is 6.03. The van der Waals surface area contributed by atoms with Gasteiger partial charge >= 0.3 is 0 Å². The van der Waals surface area contributed by atoms with Crippen molar-refractivity contribution in [2.45, 2.75) is 71.1 Å². The van der Waals surface area contributed by atoms with E-state index in [2.05, 4.69) is 46.7 Å². The second kappa shape index (κ2) is 7.82. The Balaban J connectivity index is 1.45. The van der Waals surface area contributed by atoms with Crippen LogP contribution in [0.1, 0.15) is 58.9 Å². The van der Waals surface area contributed by atoms with Gasteiger partial charge in [-0.15, -0.1) is 0 Å². The van der Waals surface area contributed by atoms with Crippen molar-refractivity contribution in [3.05, 3.63) is 18.7 Å². The van der Waals surface area contributed by atoms with Crippen molar-refractivity contribution in [2.24, 2.45) is 16.3 Å². The van der Waals surface area contributed by atoms with Gasteiger partial charge in [-0.3, -0.25) is 4.99 Å². The molecular formula is C21H35N5O. The van der Waals surface area contributed by atoms with Crippen molar-refractivity contribution in [3.63, 3.8) is 0 Å². The molecule has 0 bridgehead atoms. The molecule has 6 heteroatoms. The lowest BCUT2D eigenvalue weighted by atomic mass is 9.51. The lowest BCUT2D eigenvalue weighted by molar-refractivity contribution is -0.169. The average molecular weight is 374 g/mol. The summed E-state index contributed by atoms with van der Waals surface area (Å²) in [5.74, 6) is 1.75. The number of aromatic nitrogens is 2. The van der Waals surface area contributed by atoms with Gasteiger partial charge in [-0.05, 0) is 45.4 Å². The van der Waals surface area contributed by atoms with Crippen molar-refractivity contribution in [1.29, 1.82) is 0 Å². The molecule has 3 fully saturated rings. The second-order valence-corrected chi connectivity index (χ2v) is 8.55. The van der Waals surface area contributed by atoms with Gasteiger partial charge < -0.3 is 19.5 Å². The number of hydrogen-bond donors (Lipinski definition) is 1. The highest BCUT2D eigenvalue weighted by atomic mass is 16.5. The Morgan fingerprint density at radius 3 is 2.85 bits per heavy atom. The SMILES string of the molecule is CCN=C(NC1CC(OCC)C12CCC2)N1CCC(C)C(n2ccnc2)C1. The summed E-state index contributed by atoms with van der Waals surface area (Å²) in [5, 5.41) is 3.86. The van der Waals surface area contributed by atoms with Crippen LogP contribution >= 0.6 is 0 Å². The molecule has 6 nitrogen and oxygen atoms in total. The minimum absolute atomic E-state index is 0.358. The highest BCUT2D eigenvalue weighted by Crippen LogP contribution is 2.57. The van der Waals surface area contributed by atoms with Crippen molar-refractivity contribution in [2.75, 3.05) is 26.2 Å². The summed E-state index contributed by atoms with van der Waals surface area (Å²) in [6.07, 6.45) is 12.6. The van der Waals surface area contributed by atoms with Crippen LogP contribution < -0.4 is 5.32 Å². The van der Waals surface area contributed by atoms with E-state index in [0.29, 0.717) is 29.5 Å². The number of aliphatic imine (C=N–C) groups is 1. The van der Waals surface area contributed by atoms with Crippen molar-refractivity contribution < 1.29 is 4.74 Å². The molecule has 27 heavy (non-hydrogen) atoms. The molecule has 1 aromatic heterocycles. The molecule has 2 saturated carbocycles. The van der Waals surface area contributed by atoms with Gasteiger partial charge in [0.1, 0.15) is 0 Å². The lowest BCUT2D eigenvalue weighted by Crippen LogP contribution is -2.69. The number of ether oxygens (including phenoxy) is 1. The first-order chi connectivity index (χ1) is 13.2. The van der Waals surface area contributed by atoms with E-state index in [1.54, 1.807) is 0 Å².